The highest BCUT2D eigenvalue weighted by atomic mass is 32.1. The van der Waals surface area contributed by atoms with Crippen LogP contribution in [0.3, 0.4) is 0 Å². The van der Waals surface area contributed by atoms with Gasteiger partial charge in [0.25, 0.3) is 0 Å². The fourth-order valence-corrected chi connectivity index (χ4v) is 1.66. The first-order valence-corrected chi connectivity index (χ1v) is 5.83. The maximum atomic E-state index is 10.9. The molecule has 0 aliphatic heterocycles. The van der Waals surface area contributed by atoms with E-state index in [1.165, 1.54) is 6.92 Å². The lowest BCUT2D eigenvalue weighted by Crippen LogP contribution is -2.33. The molecule has 0 aromatic heterocycles. The van der Waals surface area contributed by atoms with Crippen LogP contribution >= 0.6 is 12.2 Å². The number of amides is 1. The second-order valence-electron chi connectivity index (χ2n) is 4.02. The van der Waals surface area contributed by atoms with Crippen LogP contribution < -0.4 is 16.0 Å². The summed E-state index contributed by atoms with van der Waals surface area (Å²) in [6.45, 7) is 5.51. The minimum atomic E-state index is -0.0926. The molecule has 1 rings (SSSR count). The first-order chi connectivity index (χ1) is 7.97. The minimum Gasteiger partial charge on any atom is -0.360 e. The normalized spacial score (nSPS) is 9.88. The van der Waals surface area contributed by atoms with Crippen LogP contribution in [0, 0.1) is 0 Å². The highest BCUT2D eigenvalue weighted by Gasteiger charge is 2.01. The van der Waals surface area contributed by atoms with Gasteiger partial charge in [0, 0.05) is 24.3 Å². The Kier molecular flexibility index (Phi) is 4.90. The highest BCUT2D eigenvalue weighted by Crippen LogP contribution is 2.14. The number of rotatable bonds is 3. The smallest absolute Gasteiger partial charge is 0.221 e. The molecule has 0 radical (unpaired) electrons. The van der Waals surface area contributed by atoms with Gasteiger partial charge in [0.1, 0.15) is 0 Å². The highest BCUT2D eigenvalue weighted by molar-refractivity contribution is 7.80. The molecule has 0 aliphatic rings. The zero-order valence-electron chi connectivity index (χ0n) is 10.2. The molecule has 17 heavy (non-hydrogen) atoms. The first kappa shape index (κ1) is 13.4. The third kappa shape index (κ3) is 5.31. The van der Waals surface area contributed by atoms with E-state index >= 15 is 0 Å². The average Bonchev–Trinajstić information content (AvgIpc) is 2.14. The van der Waals surface area contributed by atoms with Crippen molar-refractivity contribution in [1.82, 2.24) is 5.32 Å². The van der Waals surface area contributed by atoms with Gasteiger partial charge < -0.3 is 16.0 Å². The summed E-state index contributed by atoms with van der Waals surface area (Å²) in [5.74, 6) is -0.0926. The van der Waals surface area contributed by atoms with E-state index in [0.29, 0.717) is 5.11 Å². The fraction of sp³-hybridized carbons (Fsp3) is 0.333. The van der Waals surface area contributed by atoms with Crippen molar-refractivity contribution in [1.29, 1.82) is 0 Å². The topological polar surface area (TPSA) is 53.2 Å². The molecule has 1 amide bonds. The molecule has 0 spiro atoms. The van der Waals surface area contributed by atoms with Gasteiger partial charge in [-0.25, -0.2) is 0 Å². The number of carbonyl (C=O) groups is 1. The van der Waals surface area contributed by atoms with E-state index in [1.807, 2.05) is 38.1 Å². The van der Waals surface area contributed by atoms with Gasteiger partial charge in [0.2, 0.25) is 5.91 Å². The SMILES string of the molecule is CC(=O)Nc1cccc(NC(=S)NC(C)C)c1. The molecule has 0 saturated carbocycles. The lowest BCUT2D eigenvalue weighted by Gasteiger charge is -2.13. The molecule has 5 heteroatoms. The molecule has 0 aliphatic carbocycles. The summed E-state index contributed by atoms with van der Waals surface area (Å²) >= 11 is 5.13. The Morgan fingerprint density at radius 2 is 1.82 bits per heavy atom. The molecule has 0 fully saturated rings. The van der Waals surface area contributed by atoms with E-state index in [-0.39, 0.29) is 11.9 Å². The summed E-state index contributed by atoms with van der Waals surface area (Å²) in [7, 11) is 0. The molecular weight excluding hydrogens is 234 g/mol. The van der Waals surface area contributed by atoms with Gasteiger partial charge in [-0.05, 0) is 44.3 Å². The summed E-state index contributed by atoms with van der Waals surface area (Å²) in [6, 6.07) is 7.68. The van der Waals surface area contributed by atoms with Crippen molar-refractivity contribution in [2.24, 2.45) is 0 Å². The molecule has 92 valence electrons. The van der Waals surface area contributed by atoms with Gasteiger partial charge in [-0.3, -0.25) is 4.79 Å². The molecule has 0 unspecified atom stereocenters. The molecule has 0 heterocycles. The van der Waals surface area contributed by atoms with E-state index in [9.17, 15) is 4.79 Å². The number of anilines is 2. The van der Waals surface area contributed by atoms with E-state index in [1.54, 1.807) is 0 Å². The Morgan fingerprint density at radius 1 is 1.24 bits per heavy atom. The predicted molar refractivity (Wildman–Crippen MR) is 75.2 cm³/mol. The van der Waals surface area contributed by atoms with E-state index in [2.05, 4.69) is 16.0 Å². The van der Waals surface area contributed by atoms with Crippen LogP contribution in [0.4, 0.5) is 11.4 Å². The van der Waals surface area contributed by atoms with Crippen LogP contribution in [0.25, 0.3) is 0 Å². The monoisotopic (exact) mass is 251 g/mol. The van der Waals surface area contributed by atoms with Crippen molar-refractivity contribution in [3.63, 3.8) is 0 Å². The molecule has 0 bridgehead atoms. The van der Waals surface area contributed by atoms with Crippen LogP contribution in [-0.2, 0) is 4.79 Å². The van der Waals surface area contributed by atoms with Gasteiger partial charge in [0.05, 0.1) is 0 Å². The number of nitrogens with one attached hydrogen (secondary N) is 3. The molecule has 1 aromatic rings. The average molecular weight is 251 g/mol. The van der Waals surface area contributed by atoms with Crippen molar-refractivity contribution in [2.75, 3.05) is 10.6 Å². The van der Waals surface area contributed by atoms with Crippen LogP contribution in [0.5, 0.6) is 0 Å². The largest absolute Gasteiger partial charge is 0.360 e. The lowest BCUT2D eigenvalue weighted by atomic mass is 10.2. The minimum absolute atomic E-state index is 0.0926. The van der Waals surface area contributed by atoms with E-state index in [4.69, 9.17) is 12.2 Å². The van der Waals surface area contributed by atoms with Gasteiger partial charge in [-0.2, -0.15) is 0 Å². The molecule has 3 N–H and O–H groups in total. The lowest BCUT2D eigenvalue weighted by molar-refractivity contribution is -0.114. The molecule has 0 saturated heterocycles. The van der Waals surface area contributed by atoms with Crippen LogP contribution in [0.1, 0.15) is 20.8 Å². The van der Waals surface area contributed by atoms with E-state index < -0.39 is 0 Å². The van der Waals surface area contributed by atoms with Crippen LogP contribution in [-0.4, -0.2) is 17.1 Å². The number of hydrogen-bond donors (Lipinski definition) is 3. The summed E-state index contributed by atoms with van der Waals surface area (Å²) in [5, 5.41) is 9.43. The third-order valence-corrected chi connectivity index (χ3v) is 2.08. The van der Waals surface area contributed by atoms with Crippen molar-refractivity contribution < 1.29 is 4.79 Å². The number of hydrogen-bond acceptors (Lipinski definition) is 2. The zero-order valence-corrected chi connectivity index (χ0v) is 11.0. The molecular formula is C12H17N3OS. The Bertz CT molecular complexity index is 418. The van der Waals surface area contributed by atoms with Crippen molar-refractivity contribution in [2.45, 2.75) is 26.8 Å². The first-order valence-electron chi connectivity index (χ1n) is 5.42. The Hall–Kier alpha value is -1.62. The maximum absolute atomic E-state index is 10.9. The Morgan fingerprint density at radius 3 is 2.35 bits per heavy atom. The van der Waals surface area contributed by atoms with Gasteiger partial charge >= 0.3 is 0 Å². The van der Waals surface area contributed by atoms with Gasteiger partial charge in [-0.15, -0.1) is 0 Å². The van der Waals surface area contributed by atoms with E-state index in [0.717, 1.165) is 11.4 Å². The molecule has 0 atom stereocenters. The van der Waals surface area contributed by atoms with Crippen molar-refractivity contribution in [3.05, 3.63) is 24.3 Å². The van der Waals surface area contributed by atoms with Crippen molar-refractivity contribution >= 4 is 34.6 Å². The Balaban J connectivity index is 2.65. The van der Waals surface area contributed by atoms with Gasteiger partial charge in [-0.1, -0.05) is 6.07 Å². The van der Waals surface area contributed by atoms with Gasteiger partial charge in [0.15, 0.2) is 5.11 Å². The number of thiocarbonyl (C=S) groups is 1. The number of carbonyl (C=O) groups excluding carboxylic acids is 1. The van der Waals surface area contributed by atoms with Crippen LogP contribution in [0.2, 0.25) is 0 Å². The fourth-order valence-electron chi connectivity index (χ4n) is 1.31. The molecule has 4 nitrogen and oxygen atoms in total. The quantitative estimate of drug-likeness (QED) is 0.722. The van der Waals surface area contributed by atoms with Crippen LogP contribution in [0.15, 0.2) is 24.3 Å². The second kappa shape index (κ2) is 6.20. The summed E-state index contributed by atoms with van der Waals surface area (Å²) in [5.41, 5.74) is 1.59. The number of benzene rings is 1. The predicted octanol–water partition coefficient (Wildman–Crippen LogP) is 2.34. The molecule has 1 aromatic carbocycles. The summed E-state index contributed by atoms with van der Waals surface area (Å²) < 4.78 is 0. The summed E-state index contributed by atoms with van der Waals surface area (Å²) in [6.07, 6.45) is 0. The standard InChI is InChI=1S/C12H17N3OS/c1-8(2)13-12(17)15-11-6-4-5-10(7-11)14-9(3)16/h4-8H,1-3H3,(H,14,16)(H2,13,15,17). The maximum Gasteiger partial charge on any atom is 0.221 e. The third-order valence-electron chi connectivity index (χ3n) is 1.86. The van der Waals surface area contributed by atoms with Crippen molar-refractivity contribution in [3.8, 4) is 0 Å². The summed E-state index contributed by atoms with van der Waals surface area (Å²) in [4.78, 5) is 10.9. The second-order valence-corrected chi connectivity index (χ2v) is 4.42. The zero-order chi connectivity index (χ0) is 12.8. The Labute approximate surface area is 107 Å².